The number of hydrogen-bond donors (Lipinski definition) is 0. The number of benzene rings is 1. The maximum absolute atomic E-state index is 5.87. The molecule has 0 spiro atoms. The zero-order valence-electron chi connectivity index (χ0n) is 9.62. The quantitative estimate of drug-likeness (QED) is 0.703. The molecule has 1 fully saturated rings. The second kappa shape index (κ2) is 3.62. The van der Waals surface area contributed by atoms with Gasteiger partial charge in [0.25, 0.3) is 0 Å². The van der Waals surface area contributed by atoms with Gasteiger partial charge in [0.1, 0.15) is 0 Å². The highest BCUT2D eigenvalue weighted by Crippen LogP contribution is 2.45. The summed E-state index contributed by atoms with van der Waals surface area (Å²) < 4.78 is 11.7. The minimum atomic E-state index is -0.575. The van der Waals surface area contributed by atoms with Gasteiger partial charge in [0.2, 0.25) is 0 Å². The van der Waals surface area contributed by atoms with E-state index in [0.29, 0.717) is 13.2 Å². The topological polar surface area (TPSA) is 18.5 Å². The fourth-order valence-electron chi connectivity index (χ4n) is 2.10. The van der Waals surface area contributed by atoms with Crippen molar-refractivity contribution < 1.29 is 9.47 Å². The highest BCUT2D eigenvalue weighted by Gasteiger charge is 2.48. The van der Waals surface area contributed by atoms with E-state index in [1.807, 2.05) is 18.2 Å². The zero-order valence-corrected chi connectivity index (χ0v) is 9.62. The molecule has 2 nitrogen and oxygen atoms in total. The van der Waals surface area contributed by atoms with Crippen molar-refractivity contribution in [3.8, 4) is 0 Å². The first-order valence-electron chi connectivity index (χ1n) is 5.40. The van der Waals surface area contributed by atoms with E-state index in [-0.39, 0.29) is 5.41 Å². The summed E-state index contributed by atoms with van der Waals surface area (Å²) in [5.74, 6) is -0.575. The Kier molecular flexibility index (Phi) is 2.57. The van der Waals surface area contributed by atoms with Gasteiger partial charge in [-0.2, -0.15) is 0 Å². The van der Waals surface area contributed by atoms with Crippen LogP contribution < -0.4 is 0 Å². The number of ether oxygens (including phenoxy) is 2. The molecule has 1 saturated heterocycles. The van der Waals surface area contributed by atoms with E-state index in [1.165, 1.54) is 0 Å². The Morgan fingerprint density at radius 3 is 2.00 bits per heavy atom. The van der Waals surface area contributed by atoms with E-state index >= 15 is 0 Å². The minimum Gasteiger partial charge on any atom is -0.343 e. The van der Waals surface area contributed by atoms with Crippen LogP contribution in [0.1, 0.15) is 26.3 Å². The van der Waals surface area contributed by atoms with Gasteiger partial charge in [-0.05, 0) is 0 Å². The van der Waals surface area contributed by atoms with Crippen molar-refractivity contribution in [3.63, 3.8) is 0 Å². The van der Waals surface area contributed by atoms with Crippen molar-refractivity contribution in [1.82, 2.24) is 0 Å². The maximum atomic E-state index is 5.87. The van der Waals surface area contributed by atoms with E-state index in [4.69, 9.17) is 9.47 Å². The first kappa shape index (κ1) is 10.7. The first-order chi connectivity index (χ1) is 7.06. The third-order valence-corrected chi connectivity index (χ3v) is 2.84. The van der Waals surface area contributed by atoms with Crippen LogP contribution in [0.5, 0.6) is 0 Å². The number of hydrogen-bond acceptors (Lipinski definition) is 2. The van der Waals surface area contributed by atoms with Gasteiger partial charge in [-0.3, -0.25) is 0 Å². The van der Waals surface area contributed by atoms with Gasteiger partial charge in [0.05, 0.1) is 13.2 Å². The standard InChI is InChI=1S/C13H18O2/c1-12(2,3)13(14-9-10-15-13)11-7-5-4-6-8-11/h4-8H,9-10H2,1-3H3. The van der Waals surface area contributed by atoms with Crippen molar-refractivity contribution in [1.29, 1.82) is 0 Å². The van der Waals surface area contributed by atoms with Gasteiger partial charge in [0, 0.05) is 11.0 Å². The van der Waals surface area contributed by atoms with Crippen molar-refractivity contribution >= 4 is 0 Å². The van der Waals surface area contributed by atoms with Gasteiger partial charge >= 0.3 is 0 Å². The molecule has 0 N–H and O–H groups in total. The minimum absolute atomic E-state index is 0.0646. The van der Waals surface area contributed by atoms with Crippen LogP contribution in [0.4, 0.5) is 0 Å². The molecule has 1 aliphatic heterocycles. The normalized spacial score (nSPS) is 20.5. The Morgan fingerprint density at radius 2 is 1.53 bits per heavy atom. The van der Waals surface area contributed by atoms with E-state index in [2.05, 4.69) is 32.9 Å². The monoisotopic (exact) mass is 206 g/mol. The SMILES string of the molecule is CC(C)(C)C1(c2ccccc2)OCCO1. The molecule has 0 radical (unpaired) electrons. The molecular weight excluding hydrogens is 188 g/mol. The van der Waals surface area contributed by atoms with Crippen LogP contribution in [0, 0.1) is 5.41 Å². The Labute approximate surface area is 91.2 Å². The van der Waals surface area contributed by atoms with Gasteiger partial charge in [-0.25, -0.2) is 0 Å². The van der Waals surface area contributed by atoms with Gasteiger partial charge in [0.15, 0.2) is 5.79 Å². The molecule has 1 aliphatic rings. The summed E-state index contributed by atoms with van der Waals surface area (Å²) in [7, 11) is 0. The maximum Gasteiger partial charge on any atom is 0.199 e. The second-order valence-corrected chi connectivity index (χ2v) is 4.93. The highest BCUT2D eigenvalue weighted by atomic mass is 16.7. The molecule has 1 aromatic rings. The summed E-state index contributed by atoms with van der Waals surface area (Å²) in [6.07, 6.45) is 0. The Hall–Kier alpha value is -0.860. The van der Waals surface area contributed by atoms with Gasteiger partial charge in [-0.1, -0.05) is 51.1 Å². The Balaban J connectivity index is 2.44. The van der Waals surface area contributed by atoms with E-state index in [9.17, 15) is 0 Å². The fourth-order valence-corrected chi connectivity index (χ4v) is 2.10. The van der Waals surface area contributed by atoms with Crippen molar-refractivity contribution in [3.05, 3.63) is 35.9 Å². The molecule has 0 aliphatic carbocycles. The average molecular weight is 206 g/mol. The third-order valence-electron chi connectivity index (χ3n) is 2.84. The molecule has 0 saturated carbocycles. The van der Waals surface area contributed by atoms with Crippen LogP contribution in [0.25, 0.3) is 0 Å². The lowest BCUT2D eigenvalue weighted by molar-refractivity contribution is -0.232. The molecule has 0 atom stereocenters. The number of rotatable bonds is 1. The third kappa shape index (κ3) is 1.68. The average Bonchev–Trinajstić information content (AvgIpc) is 2.68. The predicted octanol–water partition coefficient (Wildman–Crippen LogP) is 2.93. The van der Waals surface area contributed by atoms with Crippen molar-refractivity contribution in [2.75, 3.05) is 13.2 Å². The lowest BCUT2D eigenvalue weighted by Crippen LogP contribution is -2.41. The zero-order chi connectivity index (χ0) is 10.9. The van der Waals surface area contributed by atoms with Crippen LogP contribution >= 0.6 is 0 Å². The summed E-state index contributed by atoms with van der Waals surface area (Å²) in [4.78, 5) is 0. The highest BCUT2D eigenvalue weighted by molar-refractivity contribution is 5.23. The van der Waals surface area contributed by atoms with E-state index < -0.39 is 5.79 Å². The fraction of sp³-hybridized carbons (Fsp3) is 0.538. The van der Waals surface area contributed by atoms with Crippen LogP contribution in [0.2, 0.25) is 0 Å². The smallest absolute Gasteiger partial charge is 0.199 e. The van der Waals surface area contributed by atoms with Crippen LogP contribution in [0.3, 0.4) is 0 Å². The molecule has 2 rings (SSSR count). The Bertz CT molecular complexity index is 318. The summed E-state index contributed by atoms with van der Waals surface area (Å²) in [5.41, 5.74) is 1.04. The molecule has 2 heteroatoms. The molecular formula is C13H18O2. The van der Waals surface area contributed by atoms with Crippen LogP contribution in [0.15, 0.2) is 30.3 Å². The molecule has 1 aromatic carbocycles. The summed E-state index contributed by atoms with van der Waals surface area (Å²) in [6.45, 7) is 7.78. The molecule has 1 heterocycles. The Morgan fingerprint density at radius 1 is 1.00 bits per heavy atom. The second-order valence-electron chi connectivity index (χ2n) is 4.93. The van der Waals surface area contributed by atoms with Crippen molar-refractivity contribution in [2.45, 2.75) is 26.6 Å². The molecule has 0 unspecified atom stereocenters. The van der Waals surface area contributed by atoms with Crippen molar-refractivity contribution in [2.24, 2.45) is 5.41 Å². The molecule has 0 bridgehead atoms. The van der Waals surface area contributed by atoms with Gasteiger partial charge < -0.3 is 9.47 Å². The predicted molar refractivity (Wildman–Crippen MR) is 59.5 cm³/mol. The molecule has 82 valence electrons. The van der Waals surface area contributed by atoms with E-state index in [1.54, 1.807) is 0 Å². The lowest BCUT2D eigenvalue weighted by Gasteiger charge is -2.39. The molecule has 0 aromatic heterocycles. The molecule has 0 amide bonds. The van der Waals surface area contributed by atoms with Crippen LogP contribution in [-0.4, -0.2) is 13.2 Å². The van der Waals surface area contributed by atoms with Crippen LogP contribution in [-0.2, 0) is 15.3 Å². The molecule has 15 heavy (non-hydrogen) atoms. The summed E-state index contributed by atoms with van der Waals surface area (Å²) >= 11 is 0. The largest absolute Gasteiger partial charge is 0.343 e. The van der Waals surface area contributed by atoms with Gasteiger partial charge in [-0.15, -0.1) is 0 Å². The lowest BCUT2D eigenvalue weighted by atomic mass is 9.81. The summed E-state index contributed by atoms with van der Waals surface area (Å²) in [6, 6.07) is 10.2. The first-order valence-corrected chi connectivity index (χ1v) is 5.40. The van der Waals surface area contributed by atoms with E-state index in [0.717, 1.165) is 5.56 Å². The summed E-state index contributed by atoms with van der Waals surface area (Å²) in [5, 5.41) is 0.